The maximum atomic E-state index is 12.9. The molecule has 0 aliphatic rings. The van der Waals surface area contributed by atoms with Gasteiger partial charge in [-0.2, -0.15) is 0 Å². The number of hydrogen-bond donors (Lipinski definition) is 0. The van der Waals surface area contributed by atoms with Gasteiger partial charge >= 0.3 is 11.9 Å². The summed E-state index contributed by atoms with van der Waals surface area (Å²) in [7, 11) is 5.90. The fourth-order valence-electron chi connectivity index (χ4n) is 8.08. The SMILES string of the molecule is CC/C=C\C/C=C\C/C=C\C/C=C\C/C=C\C/C=C\C/C=C\C/C=C\CCCCCCCCCCC(=O)OC(COC(=O)CCCCCCCC/C=C\C/C=C\C/C=C\C/C=C\C/C=C\C/C=C\CC)COC(OCC[N+](C)(C)C)C(=O)[O-]. The number of carbonyl (C=O) groups excluding carboxylic acids is 3. The van der Waals surface area contributed by atoms with Crippen molar-refractivity contribution in [2.75, 3.05) is 47.5 Å². The molecular formula is C74H117NO8. The summed E-state index contributed by atoms with van der Waals surface area (Å²) in [6, 6.07) is 0. The van der Waals surface area contributed by atoms with E-state index in [0.29, 0.717) is 23.9 Å². The summed E-state index contributed by atoms with van der Waals surface area (Å²) in [5.74, 6) is -2.33. The second-order valence-electron chi connectivity index (χ2n) is 21.9. The predicted octanol–water partition coefficient (Wildman–Crippen LogP) is 18.6. The van der Waals surface area contributed by atoms with E-state index >= 15 is 0 Å². The summed E-state index contributed by atoms with van der Waals surface area (Å²) in [5, 5.41) is 11.8. The lowest BCUT2D eigenvalue weighted by Gasteiger charge is -2.26. The van der Waals surface area contributed by atoms with Gasteiger partial charge in [0, 0.05) is 12.8 Å². The molecule has 0 radical (unpaired) electrons. The monoisotopic (exact) mass is 1150 g/mol. The Hall–Kier alpha value is -5.35. The summed E-state index contributed by atoms with van der Waals surface area (Å²) in [6.07, 6.45) is 91.2. The smallest absolute Gasteiger partial charge is 0.306 e. The molecule has 0 spiro atoms. The average Bonchev–Trinajstić information content (AvgIpc) is 3.46. The second-order valence-corrected chi connectivity index (χ2v) is 21.9. The molecule has 0 rings (SSSR count). The number of aliphatic carboxylic acids is 1. The molecular weight excluding hydrogens is 1030 g/mol. The van der Waals surface area contributed by atoms with E-state index in [1.807, 2.05) is 21.1 Å². The van der Waals surface area contributed by atoms with E-state index in [0.717, 1.165) is 154 Å². The first-order valence-electron chi connectivity index (χ1n) is 32.3. The summed E-state index contributed by atoms with van der Waals surface area (Å²) in [4.78, 5) is 37.4. The molecule has 0 saturated heterocycles. The number of hydrogen-bond acceptors (Lipinski definition) is 8. The minimum atomic E-state index is -1.64. The number of carboxylic acid groups (broad SMARTS) is 1. The Balaban J connectivity index is 4.29. The maximum Gasteiger partial charge on any atom is 0.306 e. The molecule has 0 aromatic carbocycles. The van der Waals surface area contributed by atoms with Gasteiger partial charge in [0.05, 0.1) is 40.3 Å². The first kappa shape index (κ1) is 77.7. The molecule has 9 nitrogen and oxygen atoms in total. The third-order valence-corrected chi connectivity index (χ3v) is 13.0. The summed E-state index contributed by atoms with van der Waals surface area (Å²) < 4.78 is 22.7. The highest BCUT2D eigenvalue weighted by Crippen LogP contribution is 2.14. The first-order chi connectivity index (χ1) is 40.6. The van der Waals surface area contributed by atoms with E-state index in [9.17, 15) is 19.5 Å². The molecule has 0 aliphatic carbocycles. The number of allylic oxidation sites excluding steroid dienone is 28. The van der Waals surface area contributed by atoms with E-state index in [2.05, 4.69) is 184 Å². The van der Waals surface area contributed by atoms with Crippen LogP contribution in [0, 0.1) is 0 Å². The van der Waals surface area contributed by atoms with Crippen LogP contribution >= 0.6 is 0 Å². The van der Waals surface area contributed by atoms with Crippen LogP contribution in [0.5, 0.6) is 0 Å². The van der Waals surface area contributed by atoms with Gasteiger partial charge < -0.3 is 33.3 Å². The lowest BCUT2D eigenvalue weighted by Crippen LogP contribution is -2.44. The van der Waals surface area contributed by atoms with Crippen molar-refractivity contribution in [3.63, 3.8) is 0 Å². The van der Waals surface area contributed by atoms with Crippen molar-refractivity contribution in [2.45, 2.75) is 232 Å². The molecule has 0 fully saturated rings. The van der Waals surface area contributed by atoms with Crippen molar-refractivity contribution >= 4 is 17.9 Å². The van der Waals surface area contributed by atoms with Crippen LogP contribution in [-0.4, -0.2) is 82.3 Å². The molecule has 0 aromatic rings. The fraction of sp³-hybridized carbons (Fsp3) is 0.581. The summed E-state index contributed by atoms with van der Waals surface area (Å²) in [6.45, 7) is 4.47. The number of unbranched alkanes of at least 4 members (excludes halogenated alkanes) is 14. The Morgan fingerprint density at radius 1 is 0.361 bits per heavy atom. The molecule has 0 saturated carbocycles. The summed E-state index contributed by atoms with van der Waals surface area (Å²) in [5.41, 5.74) is 0. The van der Waals surface area contributed by atoms with Crippen molar-refractivity contribution in [3.8, 4) is 0 Å². The van der Waals surface area contributed by atoms with Gasteiger partial charge in [0.25, 0.3) is 0 Å². The highest BCUT2D eigenvalue weighted by Gasteiger charge is 2.22. The number of quaternary nitrogens is 1. The Morgan fingerprint density at radius 2 is 0.651 bits per heavy atom. The van der Waals surface area contributed by atoms with E-state index in [1.165, 1.54) is 25.7 Å². The van der Waals surface area contributed by atoms with Crippen molar-refractivity contribution in [1.29, 1.82) is 0 Å². The van der Waals surface area contributed by atoms with Crippen molar-refractivity contribution in [2.24, 2.45) is 0 Å². The van der Waals surface area contributed by atoms with Crippen molar-refractivity contribution in [1.82, 2.24) is 0 Å². The minimum absolute atomic E-state index is 0.133. The minimum Gasteiger partial charge on any atom is -0.545 e. The molecule has 2 atom stereocenters. The second kappa shape index (κ2) is 62.7. The number of nitrogens with zero attached hydrogens (tertiary/aromatic N) is 1. The largest absolute Gasteiger partial charge is 0.545 e. The van der Waals surface area contributed by atoms with E-state index < -0.39 is 24.3 Å². The van der Waals surface area contributed by atoms with Crippen molar-refractivity contribution in [3.05, 3.63) is 170 Å². The summed E-state index contributed by atoms with van der Waals surface area (Å²) >= 11 is 0. The quantitative estimate of drug-likeness (QED) is 0.0195. The van der Waals surface area contributed by atoms with Crippen LogP contribution in [0.3, 0.4) is 0 Å². The zero-order chi connectivity index (χ0) is 60.5. The lowest BCUT2D eigenvalue weighted by molar-refractivity contribution is -0.870. The molecule has 0 heterocycles. The van der Waals surface area contributed by atoms with Crippen LogP contribution in [0.15, 0.2) is 170 Å². The number of ether oxygens (including phenoxy) is 4. The van der Waals surface area contributed by atoms with Crippen LogP contribution in [0.1, 0.15) is 219 Å². The topological polar surface area (TPSA) is 111 Å². The zero-order valence-electron chi connectivity index (χ0n) is 53.0. The van der Waals surface area contributed by atoms with E-state index in [1.54, 1.807) is 0 Å². The lowest BCUT2D eigenvalue weighted by atomic mass is 10.1. The molecule has 0 bridgehead atoms. The van der Waals surface area contributed by atoms with Crippen LogP contribution in [0.25, 0.3) is 0 Å². The highest BCUT2D eigenvalue weighted by molar-refractivity contribution is 5.70. The third-order valence-electron chi connectivity index (χ3n) is 13.0. The van der Waals surface area contributed by atoms with Gasteiger partial charge in [0.15, 0.2) is 12.4 Å². The van der Waals surface area contributed by atoms with Crippen LogP contribution in [-0.2, 0) is 33.3 Å². The van der Waals surface area contributed by atoms with Gasteiger partial charge in [-0.1, -0.05) is 248 Å². The zero-order valence-corrected chi connectivity index (χ0v) is 53.0. The Morgan fingerprint density at radius 3 is 0.964 bits per heavy atom. The molecule has 0 N–H and O–H groups in total. The van der Waals surface area contributed by atoms with Crippen LogP contribution in [0.2, 0.25) is 0 Å². The number of carboxylic acids is 1. The Bertz CT molecular complexity index is 1960. The van der Waals surface area contributed by atoms with Crippen molar-refractivity contribution < 1.29 is 42.9 Å². The van der Waals surface area contributed by atoms with Gasteiger partial charge in [0.2, 0.25) is 0 Å². The highest BCUT2D eigenvalue weighted by atomic mass is 16.7. The first-order valence-corrected chi connectivity index (χ1v) is 32.3. The predicted molar refractivity (Wildman–Crippen MR) is 351 cm³/mol. The standard InChI is InChI=1S/C74H117NO8/c1-6-8-10-12-14-16-18-20-22-24-26-28-30-32-33-34-35-36-37-38-39-41-43-45-47-49-51-53-55-57-59-61-63-65-72(77)83-70(69-82-74(73(78)79)80-67-66-75(3,4)5)68-81-71(76)64-62-60-58-56-54-52-50-48-46-44-42-40-31-29-27-25-23-21-19-17-15-13-11-9-7-2/h8-11,14-17,20-23,26-29,32-33,35-36,38-40,42-43,45-46,48,70,74H,6-7,12-13,18-19,24-25,30-31,34,37,41,44,47,49-69H2,1-5H3/b10-8-,11-9-,16-14-,17-15-,22-20-,23-21-,28-26-,29-27-,33-32-,36-35-,39-38-,42-40-,45-43-,48-46-. The molecule has 466 valence electrons. The Labute approximate surface area is 507 Å². The van der Waals surface area contributed by atoms with E-state index in [4.69, 9.17) is 18.9 Å². The molecule has 0 aliphatic heterocycles. The molecule has 0 aromatic heterocycles. The van der Waals surface area contributed by atoms with Crippen LogP contribution in [0.4, 0.5) is 0 Å². The average molecular weight is 1150 g/mol. The van der Waals surface area contributed by atoms with Gasteiger partial charge in [-0.15, -0.1) is 0 Å². The van der Waals surface area contributed by atoms with Crippen LogP contribution < -0.4 is 5.11 Å². The van der Waals surface area contributed by atoms with Gasteiger partial charge in [-0.25, -0.2) is 0 Å². The number of likely N-dealkylation sites (N-methyl/N-ethyl adjacent to an activating group) is 1. The van der Waals surface area contributed by atoms with Gasteiger partial charge in [-0.05, 0) is 128 Å². The molecule has 2 unspecified atom stereocenters. The fourth-order valence-corrected chi connectivity index (χ4v) is 8.08. The molecule has 0 amide bonds. The van der Waals surface area contributed by atoms with Gasteiger partial charge in [0.1, 0.15) is 13.2 Å². The maximum absolute atomic E-state index is 12.9. The molecule has 83 heavy (non-hydrogen) atoms. The number of carbonyl (C=O) groups is 3. The number of rotatable bonds is 57. The molecule has 9 heteroatoms. The Kier molecular flexibility index (Phi) is 58.6. The normalized spacial score (nSPS) is 13.9. The number of esters is 2. The van der Waals surface area contributed by atoms with E-state index in [-0.39, 0.29) is 38.6 Å². The third kappa shape index (κ3) is 64.1. The van der Waals surface area contributed by atoms with Gasteiger partial charge in [-0.3, -0.25) is 9.59 Å².